The van der Waals surface area contributed by atoms with Gasteiger partial charge in [-0.3, -0.25) is 19.2 Å². The van der Waals surface area contributed by atoms with Gasteiger partial charge in [-0.25, -0.2) is 0 Å². The molecule has 1 heterocycles. The summed E-state index contributed by atoms with van der Waals surface area (Å²) in [4.78, 5) is 45.3. The number of benzene rings is 1. The van der Waals surface area contributed by atoms with Crippen LogP contribution in [0.2, 0.25) is 0 Å². The lowest BCUT2D eigenvalue weighted by Crippen LogP contribution is -2.59. The highest BCUT2D eigenvalue weighted by atomic mass is 16.7. The molecule has 1 aliphatic rings. The molecule has 4 atom stereocenters. The van der Waals surface area contributed by atoms with Crippen LogP contribution in [0.4, 0.5) is 0 Å². The molecule has 146 valence electrons. The number of aldehydes is 1. The van der Waals surface area contributed by atoms with Crippen LogP contribution in [0.15, 0.2) is 24.3 Å². The summed E-state index contributed by atoms with van der Waals surface area (Å²) in [5.74, 6) is -1.65. The van der Waals surface area contributed by atoms with Crippen LogP contribution in [0, 0.1) is 0 Å². The van der Waals surface area contributed by atoms with E-state index in [0.717, 1.165) is 0 Å². The van der Waals surface area contributed by atoms with Gasteiger partial charge in [0.05, 0.1) is 6.61 Å². The van der Waals surface area contributed by atoms with Crippen molar-refractivity contribution in [1.29, 1.82) is 0 Å². The molecule has 27 heavy (non-hydrogen) atoms. The molecule has 0 saturated carbocycles. The zero-order valence-electron chi connectivity index (χ0n) is 15.1. The van der Waals surface area contributed by atoms with E-state index in [4.69, 9.17) is 23.7 Å². The summed E-state index contributed by atoms with van der Waals surface area (Å²) in [6.07, 6.45) is -3.78. The van der Waals surface area contributed by atoms with Gasteiger partial charge in [0.25, 0.3) is 0 Å². The molecule has 1 aliphatic heterocycles. The van der Waals surface area contributed by atoms with Crippen molar-refractivity contribution in [3.8, 4) is 5.75 Å². The van der Waals surface area contributed by atoms with Crippen molar-refractivity contribution >= 4 is 24.2 Å². The molecule has 0 N–H and O–H groups in total. The molecule has 1 fully saturated rings. The average Bonchev–Trinajstić information content (AvgIpc) is 2.59. The fourth-order valence-corrected chi connectivity index (χ4v) is 2.61. The largest absolute Gasteiger partial charge is 0.461 e. The van der Waals surface area contributed by atoms with Crippen LogP contribution < -0.4 is 4.74 Å². The van der Waals surface area contributed by atoms with E-state index in [0.29, 0.717) is 11.8 Å². The molecule has 1 aromatic carbocycles. The molecule has 0 aromatic heterocycles. The lowest BCUT2D eigenvalue weighted by molar-refractivity contribution is -0.259. The number of carbonyl (C=O) groups excluding carboxylic acids is 4. The molecule has 0 spiro atoms. The van der Waals surface area contributed by atoms with Crippen LogP contribution in [-0.4, -0.2) is 55.4 Å². The molecule has 0 unspecified atom stereocenters. The molecule has 2 rings (SSSR count). The van der Waals surface area contributed by atoms with Crippen molar-refractivity contribution in [2.24, 2.45) is 0 Å². The Kier molecular flexibility index (Phi) is 6.89. The summed E-state index contributed by atoms with van der Waals surface area (Å²) < 4.78 is 26.8. The normalized spacial score (nSPS) is 24.4. The van der Waals surface area contributed by atoms with Gasteiger partial charge in [-0.2, -0.15) is 0 Å². The third-order valence-electron chi connectivity index (χ3n) is 3.55. The summed E-state index contributed by atoms with van der Waals surface area (Å²) in [6, 6.07) is 6.25. The molecule has 1 saturated heterocycles. The van der Waals surface area contributed by atoms with Crippen LogP contribution in [-0.2, 0) is 33.3 Å². The van der Waals surface area contributed by atoms with Crippen LogP contribution in [0.5, 0.6) is 5.75 Å². The summed E-state index contributed by atoms with van der Waals surface area (Å²) in [6.45, 7) is 3.39. The van der Waals surface area contributed by atoms with E-state index in [1.165, 1.54) is 26.8 Å². The first-order chi connectivity index (χ1) is 12.8. The second-order valence-electron chi connectivity index (χ2n) is 5.81. The fourth-order valence-electron chi connectivity index (χ4n) is 2.61. The average molecular weight is 380 g/mol. The SMILES string of the molecule is CC(=O)O[C@@H]1[C@@H](OC(C)=O)[C@H](Oc2cccc(C=O)c2)OC[C@H]1OC(C)=O. The van der Waals surface area contributed by atoms with Gasteiger partial charge >= 0.3 is 17.9 Å². The minimum atomic E-state index is -1.19. The topological polar surface area (TPSA) is 114 Å². The number of hydrogen-bond donors (Lipinski definition) is 0. The Morgan fingerprint density at radius 1 is 1.00 bits per heavy atom. The Hall–Kier alpha value is -2.94. The summed E-state index contributed by atoms with van der Waals surface area (Å²) in [7, 11) is 0. The lowest BCUT2D eigenvalue weighted by atomic mass is 10.0. The highest BCUT2D eigenvalue weighted by Gasteiger charge is 2.48. The minimum Gasteiger partial charge on any atom is -0.461 e. The third-order valence-corrected chi connectivity index (χ3v) is 3.55. The highest BCUT2D eigenvalue weighted by molar-refractivity contribution is 5.75. The fraction of sp³-hybridized carbons (Fsp3) is 0.444. The van der Waals surface area contributed by atoms with Gasteiger partial charge in [-0.15, -0.1) is 0 Å². The van der Waals surface area contributed by atoms with Crippen molar-refractivity contribution in [3.05, 3.63) is 29.8 Å². The van der Waals surface area contributed by atoms with Crippen LogP contribution in [0.25, 0.3) is 0 Å². The van der Waals surface area contributed by atoms with Crippen LogP contribution >= 0.6 is 0 Å². The van der Waals surface area contributed by atoms with Gasteiger partial charge < -0.3 is 23.7 Å². The molecule has 0 amide bonds. The number of esters is 3. The van der Waals surface area contributed by atoms with Gasteiger partial charge in [0.2, 0.25) is 12.4 Å². The van der Waals surface area contributed by atoms with E-state index < -0.39 is 42.5 Å². The summed E-state index contributed by atoms with van der Waals surface area (Å²) in [5.41, 5.74) is 0.377. The standard InChI is InChI=1S/C18H20O9/c1-10(20)24-15-9-23-18(27-14-6-4-5-13(7-14)8-19)17(26-12(3)22)16(15)25-11(2)21/h4-8,15-18H,9H2,1-3H3/t15-,16+,17-,18+/m1/s1. The number of rotatable bonds is 6. The third kappa shape index (κ3) is 5.78. The smallest absolute Gasteiger partial charge is 0.303 e. The number of carbonyl (C=O) groups is 4. The van der Waals surface area contributed by atoms with Gasteiger partial charge in [0.15, 0.2) is 12.2 Å². The molecular formula is C18H20O9. The molecule has 9 nitrogen and oxygen atoms in total. The van der Waals surface area contributed by atoms with E-state index in [1.807, 2.05) is 0 Å². The van der Waals surface area contributed by atoms with Gasteiger partial charge in [0.1, 0.15) is 12.0 Å². The summed E-state index contributed by atoms with van der Waals surface area (Å²) >= 11 is 0. The maximum absolute atomic E-state index is 11.5. The Bertz CT molecular complexity index is 715. The summed E-state index contributed by atoms with van der Waals surface area (Å²) in [5, 5.41) is 0. The van der Waals surface area contributed by atoms with Gasteiger partial charge in [-0.05, 0) is 12.1 Å². The molecule has 0 radical (unpaired) electrons. The molecule has 0 aliphatic carbocycles. The predicted molar refractivity (Wildman–Crippen MR) is 88.9 cm³/mol. The monoisotopic (exact) mass is 380 g/mol. The van der Waals surface area contributed by atoms with E-state index >= 15 is 0 Å². The first kappa shape index (κ1) is 20.4. The van der Waals surface area contributed by atoms with E-state index in [2.05, 4.69) is 0 Å². The van der Waals surface area contributed by atoms with Gasteiger partial charge in [0, 0.05) is 26.3 Å². The Balaban J connectivity index is 2.28. The quantitative estimate of drug-likeness (QED) is 0.405. The van der Waals surface area contributed by atoms with Crippen molar-refractivity contribution in [1.82, 2.24) is 0 Å². The Labute approximate surface area is 155 Å². The van der Waals surface area contributed by atoms with Crippen molar-refractivity contribution < 1.29 is 42.9 Å². The van der Waals surface area contributed by atoms with E-state index in [9.17, 15) is 19.2 Å². The van der Waals surface area contributed by atoms with E-state index in [-0.39, 0.29) is 12.4 Å². The zero-order valence-corrected chi connectivity index (χ0v) is 15.1. The molecular weight excluding hydrogens is 360 g/mol. The maximum atomic E-state index is 11.5. The van der Waals surface area contributed by atoms with Crippen molar-refractivity contribution in [3.63, 3.8) is 0 Å². The van der Waals surface area contributed by atoms with Crippen molar-refractivity contribution in [2.45, 2.75) is 45.4 Å². The Morgan fingerprint density at radius 2 is 1.63 bits per heavy atom. The first-order valence-corrected chi connectivity index (χ1v) is 8.15. The number of ether oxygens (including phenoxy) is 5. The number of hydrogen-bond acceptors (Lipinski definition) is 9. The highest BCUT2D eigenvalue weighted by Crippen LogP contribution is 2.27. The Morgan fingerprint density at radius 3 is 2.22 bits per heavy atom. The van der Waals surface area contributed by atoms with Crippen LogP contribution in [0.1, 0.15) is 31.1 Å². The van der Waals surface area contributed by atoms with Gasteiger partial charge in [-0.1, -0.05) is 12.1 Å². The predicted octanol–water partition coefficient (Wildman–Crippen LogP) is 1.03. The minimum absolute atomic E-state index is 0.146. The maximum Gasteiger partial charge on any atom is 0.303 e. The molecule has 0 bridgehead atoms. The van der Waals surface area contributed by atoms with Crippen LogP contribution in [0.3, 0.4) is 0 Å². The van der Waals surface area contributed by atoms with Crippen molar-refractivity contribution in [2.75, 3.05) is 6.61 Å². The zero-order chi connectivity index (χ0) is 20.0. The van der Waals surface area contributed by atoms with E-state index in [1.54, 1.807) is 18.2 Å². The second kappa shape index (κ2) is 9.13. The lowest BCUT2D eigenvalue weighted by Gasteiger charge is -2.40. The first-order valence-electron chi connectivity index (χ1n) is 8.15. The molecule has 1 aromatic rings. The molecule has 9 heteroatoms. The second-order valence-corrected chi connectivity index (χ2v) is 5.81.